The summed E-state index contributed by atoms with van der Waals surface area (Å²) in [6.07, 6.45) is 2.99. The van der Waals surface area contributed by atoms with Gasteiger partial charge < -0.3 is 14.8 Å². The minimum absolute atomic E-state index is 0.0732. The Hall–Kier alpha value is -0.420. The number of methoxy groups -OCH3 is 1. The van der Waals surface area contributed by atoms with E-state index in [4.69, 9.17) is 9.47 Å². The van der Waals surface area contributed by atoms with E-state index >= 15 is 0 Å². The number of likely N-dealkylation sites (N-methyl/N-ethyl adjacent to an activating group) is 1. The van der Waals surface area contributed by atoms with E-state index in [2.05, 4.69) is 29.1 Å². The first-order valence-electron chi connectivity index (χ1n) is 6.68. The van der Waals surface area contributed by atoms with Crippen LogP contribution in [0.15, 0.2) is 16.8 Å². The van der Waals surface area contributed by atoms with Crippen molar-refractivity contribution in [3.63, 3.8) is 0 Å². The third-order valence-corrected chi connectivity index (χ3v) is 4.58. The van der Waals surface area contributed by atoms with Gasteiger partial charge in [-0.1, -0.05) is 6.92 Å². The molecule has 0 bridgehead atoms. The summed E-state index contributed by atoms with van der Waals surface area (Å²) in [6, 6.07) is 2.57. The van der Waals surface area contributed by atoms with Gasteiger partial charge in [-0.25, -0.2) is 0 Å². The Balaban J connectivity index is 2.10. The lowest BCUT2D eigenvalue weighted by atomic mass is 9.83. The molecule has 0 saturated carbocycles. The molecule has 102 valence electrons. The number of nitrogens with one attached hydrogen (secondary N) is 1. The molecule has 1 aromatic heterocycles. The van der Waals surface area contributed by atoms with E-state index in [1.807, 2.05) is 7.11 Å². The van der Waals surface area contributed by atoms with Crippen LogP contribution in [0.3, 0.4) is 0 Å². The minimum atomic E-state index is -0.0732. The van der Waals surface area contributed by atoms with Crippen LogP contribution >= 0.6 is 11.3 Å². The molecule has 1 N–H and O–H groups in total. The van der Waals surface area contributed by atoms with E-state index in [-0.39, 0.29) is 5.60 Å². The first-order valence-corrected chi connectivity index (χ1v) is 7.62. The number of ether oxygens (including phenoxy) is 2. The Morgan fingerprint density at radius 1 is 1.50 bits per heavy atom. The predicted octanol–water partition coefficient (Wildman–Crippen LogP) is 2.46. The van der Waals surface area contributed by atoms with Crippen LogP contribution in [-0.4, -0.2) is 38.5 Å². The standard InChI is InChI=1S/C14H23NO2S/c1-3-15-13(10-12-4-9-18-11-12)14(16-2)5-7-17-8-6-14/h4,9,11,13,15H,3,5-8,10H2,1-2H3. The molecule has 4 heteroatoms. The van der Waals surface area contributed by atoms with E-state index in [9.17, 15) is 0 Å². The highest BCUT2D eigenvalue weighted by atomic mass is 32.1. The molecule has 1 atom stereocenters. The van der Waals surface area contributed by atoms with Crippen molar-refractivity contribution in [2.45, 2.75) is 37.8 Å². The summed E-state index contributed by atoms with van der Waals surface area (Å²) >= 11 is 1.76. The SMILES string of the molecule is CCNC(Cc1ccsc1)C1(OC)CCOCC1. The molecule has 0 spiro atoms. The summed E-state index contributed by atoms with van der Waals surface area (Å²) in [4.78, 5) is 0. The van der Waals surface area contributed by atoms with Crippen LogP contribution in [0.2, 0.25) is 0 Å². The summed E-state index contributed by atoms with van der Waals surface area (Å²) in [5, 5.41) is 7.98. The largest absolute Gasteiger partial charge is 0.381 e. The zero-order valence-electron chi connectivity index (χ0n) is 11.3. The maximum absolute atomic E-state index is 5.90. The lowest BCUT2D eigenvalue weighted by Gasteiger charge is -2.42. The molecule has 1 fully saturated rings. The third-order valence-electron chi connectivity index (χ3n) is 3.85. The molecule has 1 aliphatic heterocycles. The lowest BCUT2D eigenvalue weighted by Crippen LogP contribution is -2.56. The zero-order valence-corrected chi connectivity index (χ0v) is 12.1. The van der Waals surface area contributed by atoms with Gasteiger partial charge in [0, 0.05) is 39.2 Å². The van der Waals surface area contributed by atoms with Crippen molar-refractivity contribution in [3.8, 4) is 0 Å². The summed E-state index contributed by atoms with van der Waals surface area (Å²) in [5.74, 6) is 0. The van der Waals surface area contributed by atoms with Crippen LogP contribution < -0.4 is 5.32 Å². The summed E-state index contributed by atoms with van der Waals surface area (Å²) < 4.78 is 11.4. The van der Waals surface area contributed by atoms with E-state index in [0.717, 1.165) is 39.0 Å². The smallest absolute Gasteiger partial charge is 0.0877 e. The maximum Gasteiger partial charge on any atom is 0.0877 e. The van der Waals surface area contributed by atoms with Crippen molar-refractivity contribution in [2.24, 2.45) is 0 Å². The minimum Gasteiger partial charge on any atom is -0.381 e. The lowest BCUT2D eigenvalue weighted by molar-refractivity contribution is -0.110. The molecular weight excluding hydrogens is 246 g/mol. The number of rotatable bonds is 6. The van der Waals surface area contributed by atoms with Crippen molar-refractivity contribution < 1.29 is 9.47 Å². The van der Waals surface area contributed by atoms with Gasteiger partial charge in [0.25, 0.3) is 0 Å². The van der Waals surface area contributed by atoms with E-state index in [0.29, 0.717) is 6.04 Å². The molecule has 1 aromatic rings. The molecular formula is C14H23NO2S. The molecule has 1 aliphatic rings. The van der Waals surface area contributed by atoms with Gasteiger partial charge in [-0.05, 0) is 35.4 Å². The summed E-state index contributed by atoms with van der Waals surface area (Å²) in [6.45, 7) is 4.74. The second kappa shape index (κ2) is 6.66. The Kier molecular flexibility index (Phi) is 5.18. The van der Waals surface area contributed by atoms with Gasteiger partial charge in [-0.15, -0.1) is 0 Å². The van der Waals surface area contributed by atoms with Crippen molar-refractivity contribution in [3.05, 3.63) is 22.4 Å². The van der Waals surface area contributed by atoms with Crippen molar-refractivity contribution in [2.75, 3.05) is 26.9 Å². The van der Waals surface area contributed by atoms with Crippen molar-refractivity contribution >= 4 is 11.3 Å². The number of hydrogen-bond donors (Lipinski definition) is 1. The van der Waals surface area contributed by atoms with Gasteiger partial charge in [-0.2, -0.15) is 11.3 Å². The average molecular weight is 269 g/mol. The molecule has 18 heavy (non-hydrogen) atoms. The first-order chi connectivity index (χ1) is 8.80. The van der Waals surface area contributed by atoms with E-state index in [1.165, 1.54) is 5.56 Å². The molecule has 2 rings (SSSR count). The summed E-state index contributed by atoms with van der Waals surface area (Å²) in [5.41, 5.74) is 1.32. The zero-order chi connectivity index (χ0) is 12.8. The molecule has 1 unspecified atom stereocenters. The Morgan fingerprint density at radius 2 is 2.28 bits per heavy atom. The van der Waals surface area contributed by atoms with Crippen molar-refractivity contribution in [1.29, 1.82) is 0 Å². The van der Waals surface area contributed by atoms with Crippen LogP contribution in [0.5, 0.6) is 0 Å². The van der Waals surface area contributed by atoms with E-state index in [1.54, 1.807) is 11.3 Å². The Morgan fingerprint density at radius 3 is 2.83 bits per heavy atom. The monoisotopic (exact) mass is 269 g/mol. The number of thiophene rings is 1. The molecule has 0 radical (unpaired) electrons. The quantitative estimate of drug-likeness (QED) is 0.860. The van der Waals surface area contributed by atoms with Crippen LogP contribution in [-0.2, 0) is 15.9 Å². The van der Waals surface area contributed by atoms with Crippen molar-refractivity contribution in [1.82, 2.24) is 5.32 Å². The van der Waals surface area contributed by atoms with Crippen LogP contribution in [0.1, 0.15) is 25.3 Å². The van der Waals surface area contributed by atoms with Gasteiger partial charge in [0.15, 0.2) is 0 Å². The average Bonchev–Trinajstić information content (AvgIpc) is 2.92. The fourth-order valence-corrected chi connectivity index (χ4v) is 3.43. The maximum atomic E-state index is 5.90. The fraction of sp³-hybridized carbons (Fsp3) is 0.714. The van der Waals surface area contributed by atoms with Crippen LogP contribution in [0.4, 0.5) is 0 Å². The second-order valence-corrected chi connectivity index (χ2v) is 5.61. The van der Waals surface area contributed by atoms with Gasteiger partial charge in [0.05, 0.1) is 5.60 Å². The highest BCUT2D eigenvalue weighted by Crippen LogP contribution is 2.30. The third kappa shape index (κ3) is 3.12. The van der Waals surface area contributed by atoms with Gasteiger partial charge in [0.1, 0.15) is 0 Å². The molecule has 3 nitrogen and oxygen atoms in total. The molecule has 0 aromatic carbocycles. The Labute approximate surface area is 113 Å². The van der Waals surface area contributed by atoms with Gasteiger partial charge >= 0.3 is 0 Å². The molecule has 0 aliphatic carbocycles. The molecule has 0 amide bonds. The number of hydrogen-bond acceptors (Lipinski definition) is 4. The topological polar surface area (TPSA) is 30.5 Å². The predicted molar refractivity (Wildman–Crippen MR) is 75.3 cm³/mol. The first kappa shape index (κ1) is 14.0. The fourth-order valence-electron chi connectivity index (χ4n) is 2.75. The van der Waals surface area contributed by atoms with Gasteiger partial charge in [-0.3, -0.25) is 0 Å². The van der Waals surface area contributed by atoms with Gasteiger partial charge in [0.2, 0.25) is 0 Å². The highest BCUT2D eigenvalue weighted by molar-refractivity contribution is 7.07. The normalized spacial score (nSPS) is 20.8. The molecule has 1 saturated heterocycles. The van der Waals surface area contributed by atoms with Crippen LogP contribution in [0, 0.1) is 0 Å². The highest BCUT2D eigenvalue weighted by Gasteiger charge is 2.40. The second-order valence-electron chi connectivity index (χ2n) is 4.83. The summed E-state index contributed by atoms with van der Waals surface area (Å²) in [7, 11) is 1.84. The van der Waals surface area contributed by atoms with Crippen LogP contribution in [0.25, 0.3) is 0 Å². The Bertz CT molecular complexity index is 334. The molecule has 2 heterocycles. The van der Waals surface area contributed by atoms with E-state index < -0.39 is 0 Å².